The molecule has 0 spiro atoms. The van der Waals surface area contributed by atoms with Crippen molar-refractivity contribution in [2.24, 2.45) is 0 Å². The summed E-state index contributed by atoms with van der Waals surface area (Å²) >= 11 is 0. The van der Waals surface area contributed by atoms with Gasteiger partial charge in [0.05, 0.1) is 12.6 Å². The van der Waals surface area contributed by atoms with E-state index in [1.54, 1.807) is 0 Å². The van der Waals surface area contributed by atoms with Gasteiger partial charge in [-0.3, -0.25) is 0 Å². The van der Waals surface area contributed by atoms with Crippen LogP contribution in [0.4, 0.5) is 4.79 Å². The van der Waals surface area contributed by atoms with Crippen LogP contribution < -0.4 is 5.32 Å². The van der Waals surface area contributed by atoms with Gasteiger partial charge in [0.15, 0.2) is 5.82 Å². The fourth-order valence-corrected chi connectivity index (χ4v) is 1.86. The Morgan fingerprint density at radius 3 is 2.79 bits per heavy atom. The second-order valence-corrected chi connectivity index (χ2v) is 5.53. The van der Waals surface area contributed by atoms with Crippen molar-refractivity contribution in [3.63, 3.8) is 0 Å². The van der Waals surface area contributed by atoms with E-state index in [1.165, 1.54) is 6.39 Å². The van der Waals surface area contributed by atoms with E-state index in [2.05, 4.69) is 20.0 Å². The molecule has 1 fully saturated rings. The predicted molar refractivity (Wildman–Crippen MR) is 65.4 cm³/mol. The van der Waals surface area contributed by atoms with Gasteiger partial charge in [0, 0.05) is 0 Å². The van der Waals surface area contributed by atoms with Gasteiger partial charge in [0.2, 0.25) is 6.39 Å². The highest BCUT2D eigenvalue weighted by atomic mass is 16.6. The van der Waals surface area contributed by atoms with Crippen LogP contribution in [0.3, 0.4) is 0 Å². The minimum atomic E-state index is -0.493. The summed E-state index contributed by atoms with van der Waals surface area (Å²) in [4.78, 5) is 15.6. The lowest BCUT2D eigenvalue weighted by Crippen LogP contribution is -2.43. The third-order valence-corrected chi connectivity index (χ3v) is 2.66. The number of nitrogens with one attached hydrogen (secondary N) is 1. The molecule has 2 heterocycles. The molecule has 0 radical (unpaired) electrons. The van der Waals surface area contributed by atoms with Crippen LogP contribution in [0.15, 0.2) is 10.9 Å². The Hall–Kier alpha value is -1.63. The Kier molecular flexibility index (Phi) is 4.04. The molecule has 1 aliphatic heterocycles. The summed E-state index contributed by atoms with van der Waals surface area (Å²) in [7, 11) is 0. The molecular formula is C12H19N3O4. The lowest BCUT2D eigenvalue weighted by Gasteiger charge is -2.29. The normalized spacial score (nSPS) is 23.9. The number of ether oxygens (including phenoxy) is 2. The number of carbonyl (C=O) groups is 1. The second kappa shape index (κ2) is 5.56. The van der Waals surface area contributed by atoms with Crippen molar-refractivity contribution in [2.75, 3.05) is 6.61 Å². The van der Waals surface area contributed by atoms with Crippen LogP contribution in [-0.4, -0.2) is 34.5 Å². The number of carbonyl (C=O) groups excluding carboxylic acids is 1. The lowest BCUT2D eigenvalue weighted by molar-refractivity contribution is -0.0143. The van der Waals surface area contributed by atoms with Gasteiger partial charge < -0.3 is 19.3 Å². The average Bonchev–Trinajstić information content (AvgIpc) is 2.80. The molecule has 2 rings (SSSR count). The molecule has 19 heavy (non-hydrogen) atoms. The summed E-state index contributed by atoms with van der Waals surface area (Å²) in [6.07, 6.45) is 2.23. The second-order valence-electron chi connectivity index (χ2n) is 5.53. The first-order chi connectivity index (χ1) is 8.94. The minimum absolute atomic E-state index is 0.0435. The number of rotatable bonds is 2. The Labute approximate surface area is 111 Å². The first-order valence-electron chi connectivity index (χ1n) is 6.31. The zero-order valence-corrected chi connectivity index (χ0v) is 11.4. The monoisotopic (exact) mass is 269 g/mol. The SMILES string of the molecule is CC(C)(C)OC(=O)N[C@@H]1CC[C@@H](c2ncon2)OC1. The molecule has 1 aliphatic rings. The Morgan fingerprint density at radius 2 is 2.26 bits per heavy atom. The molecule has 7 heteroatoms. The molecule has 0 bridgehead atoms. The third-order valence-electron chi connectivity index (χ3n) is 2.66. The van der Waals surface area contributed by atoms with Gasteiger partial charge in [-0.25, -0.2) is 4.79 Å². The summed E-state index contributed by atoms with van der Waals surface area (Å²) in [5.74, 6) is 0.552. The number of hydrogen-bond donors (Lipinski definition) is 1. The molecule has 106 valence electrons. The average molecular weight is 269 g/mol. The third kappa shape index (κ3) is 4.20. The number of alkyl carbamates (subject to hydrolysis) is 1. The number of nitrogens with zero attached hydrogens (tertiary/aromatic N) is 2. The standard InChI is InChI=1S/C12H19N3O4/c1-12(2,3)19-11(16)14-8-4-5-9(17-6-8)10-13-7-18-15-10/h7-9H,4-6H2,1-3H3,(H,14,16)/t8-,9+/m1/s1. The van der Waals surface area contributed by atoms with E-state index < -0.39 is 11.7 Å². The van der Waals surface area contributed by atoms with E-state index >= 15 is 0 Å². The maximum atomic E-state index is 11.6. The van der Waals surface area contributed by atoms with Gasteiger partial charge >= 0.3 is 6.09 Å². The fourth-order valence-electron chi connectivity index (χ4n) is 1.86. The maximum Gasteiger partial charge on any atom is 0.407 e. The van der Waals surface area contributed by atoms with Crippen molar-refractivity contribution in [3.05, 3.63) is 12.2 Å². The van der Waals surface area contributed by atoms with Crippen LogP contribution in [0.1, 0.15) is 45.5 Å². The van der Waals surface area contributed by atoms with E-state index in [4.69, 9.17) is 9.47 Å². The topological polar surface area (TPSA) is 86.5 Å². The first kappa shape index (κ1) is 13.8. The highest BCUT2D eigenvalue weighted by Gasteiger charge is 2.27. The summed E-state index contributed by atoms with van der Waals surface area (Å²) in [5, 5.41) is 6.54. The summed E-state index contributed by atoms with van der Waals surface area (Å²) in [5.41, 5.74) is -0.493. The maximum absolute atomic E-state index is 11.6. The molecule has 1 N–H and O–H groups in total. The van der Waals surface area contributed by atoms with Gasteiger partial charge in [-0.2, -0.15) is 4.98 Å². The largest absolute Gasteiger partial charge is 0.444 e. The molecule has 1 aromatic heterocycles. The number of aromatic nitrogens is 2. The molecule has 0 aromatic carbocycles. The van der Waals surface area contributed by atoms with Gasteiger partial charge in [0.25, 0.3) is 0 Å². The molecule has 1 amide bonds. The predicted octanol–water partition coefficient (Wildman–Crippen LogP) is 1.81. The highest BCUT2D eigenvalue weighted by Crippen LogP contribution is 2.25. The minimum Gasteiger partial charge on any atom is -0.444 e. The van der Waals surface area contributed by atoms with Gasteiger partial charge in [-0.1, -0.05) is 5.16 Å². The summed E-state index contributed by atoms with van der Waals surface area (Å²) in [6, 6.07) is -0.0435. The lowest BCUT2D eigenvalue weighted by atomic mass is 10.0. The smallest absolute Gasteiger partial charge is 0.407 e. The van der Waals surface area contributed by atoms with Crippen molar-refractivity contribution < 1.29 is 18.8 Å². The Morgan fingerprint density at radius 1 is 1.47 bits per heavy atom. The number of amides is 1. The van der Waals surface area contributed by atoms with Crippen LogP contribution in [0.2, 0.25) is 0 Å². The quantitative estimate of drug-likeness (QED) is 0.881. The Balaban J connectivity index is 1.76. The molecule has 1 saturated heterocycles. The highest BCUT2D eigenvalue weighted by molar-refractivity contribution is 5.68. The molecule has 7 nitrogen and oxygen atoms in total. The van der Waals surface area contributed by atoms with Crippen LogP contribution >= 0.6 is 0 Å². The van der Waals surface area contributed by atoms with Crippen LogP contribution in [-0.2, 0) is 9.47 Å². The van der Waals surface area contributed by atoms with E-state index in [1.807, 2.05) is 20.8 Å². The Bertz CT molecular complexity index is 405. The van der Waals surface area contributed by atoms with Crippen molar-refractivity contribution >= 4 is 6.09 Å². The molecule has 0 saturated carbocycles. The molecule has 1 aromatic rings. The van der Waals surface area contributed by atoms with Crippen LogP contribution in [0.5, 0.6) is 0 Å². The van der Waals surface area contributed by atoms with Crippen molar-refractivity contribution in [1.82, 2.24) is 15.5 Å². The molecule has 0 unspecified atom stereocenters. The van der Waals surface area contributed by atoms with Gasteiger partial charge in [-0.15, -0.1) is 0 Å². The van der Waals surface area contributed by atoms with E-state index in [-0.39, 0.29) is 12.1 Å². The van der Waals surface area contributed by atoms with Gasteiger partial charge in [0.1, 0.15) is 11.7 Å². The first-order valence-corrected chi connectivity index (χ1v) is 6.31. The van der Waals surface area contributed by atoms with Crippen molar-refractivity contribution in [2.45, 2.75) is 51.4 Å². The zero-order chi connectivity index (χ0) is 13.9. The summed E-state index contributed by atoms with van der Waals surface area (Å²) in [6.45, 7) is 5.90. The summed E-state index contributed by atoms with van der Waals surface area (Å²) < 4.78 is 15.5. The zero-order valence-electron chi connectivity index (χ0n) is 11.4. The van der Waals surface area contributed by atoms with Crippen LogP contribution in [0.25, 0.3) is 0 Å². The number of hydrogen-bond acceptors (Lipinski definition) is 6. The molecule has 2 atom stereocenters. The van der Waals surface area contributed by atoms with Crippen molar-refractivity contribution in [3.8, 4) is 0 Å². The molecule has 0 aliphatic carbocycles. The molecular weight excluding hydrogens is 250 g/mol. The van der Waals surface area contributed by atoms with Gasteiger partial charge in [-0.05, 0) is 33.6 Å². The van der Waals surface area contributed by atoms with Crippen LogP contribution in [0, 0.1) is 0 Å². The van der Waals surface area contributed by atoms with E-state index in [9.17, 15) is 4.79 Å². The fraction of sp³-hybridized carbons (Fsp3) is 0.750. The van der Waals surface area contributed by atoms with E-state index in [0.29, 0.717) is 12.4 Å². The van der Waals surface area contributed by atoms with Crippen molar-refractivity contribution in [1.29, 1.82) is 0 Å². The van der Waals surface area contributed by atoms with E-state index in [0.717, 1.165) is 12.8 Å².